The van der Waals surface area contributed by atoms with Crippen LogP contribution in [0.3, 0.4) is 0 Å². The molecule has 0 aromatic rings. The first-order valence-electron chi connectivity index (χ1n) is 4.22. The maximum Gasteiger partial charge on any atom is 0.231 e. The Morgan fingerprint density at radius 1 is 1.69 bits per heavy atom. The lowest BCUT2D eigenvalue weighted by atomic mass is 10.1. The smallest absolute Gasteiger partial charge is 0.231 e. The van der Waals surface area contributed by atoms with E-state index in [1.54, 1.807) is 0 Å². The van der Waals surface area contributed by atoms with Gasteiger partial charge in [-0.1, -0.05) is 0 Å². The SMILES string of the molecule is O=C(CS(=O)[O-])NCC1CCNC1. The Bertz CT molecular complexity index is 204. The molecule has 6 heteroatoms. The molecule has 1 rings (SSSR count). The third-order valence-corrected chi connectivity index (χ3v) is 2.50. The van der Waals surface area contributed by atoms with Crippen LogP contribution in [0.2, 0.25) is 0 Å². The fraction of sp³-hybridized carbons (Fsp3) is 0.857. The van der Waals surface area contributed by atoms with Gasteiger partial charge >= 0.3 is 0 Å². The Hall–Kier alpha value is -0.460. The Balaban J connectivity index is 2.10. The van der Waals surface area contributed by atoms with Crippen molar-refractivity contribution in [3.8, 4) is 0 Å². The van der Waals surface area contributed by atoms with Gasteiger partial charge in [0.05, 0.1) is 5.75 Å². The molecule has 1 fully saturated rings. The van der Waals surface area contributed by atoms with E-state index in [9.17, 15) is 13.6 Å². The average Bonchev–Trinajstić information content (AvgIpc) is 2.51. The van der Waals surface area contributed by atoms with Crippen LogP contribution in [0.1, 0.15) is 6.42 Å². The molecule has 1 aliphatic rings. The molecule has 2 unspecified atom stereocenters. The number of nitrogens with one attached hydrogen (secondary N) is 2. The average molecular weight is 205 g/mol. The van der Waals surface area contributed by atoms with Crippen LogP contribution in [0, 0.1) is 5.92 Å². The van der Waals surface area contributed by atoms with E-state index in [2.05, 4.69) is 10.6 Å². The molecule has 2 atom stereocenters. The van der Waals surface area contributed by atoms with Gasteiger partial charge in [0.15, 0.2) is 0 Å². The van der Waals surface area contributed by atoms with Gasteiger partial charge in [-0.3, -0.25) is 9.00 Å². The third-order valence-electron chi connectivity index (χ3n) is 2.00. The van der Waals surface area contributed by atoms with Crippen LogP contribution in [0.5, 0.6) is 0 Å². The van der Waals surface area contributed by atoms with Crippen molar-refractivity contribution in [3.63, 3.8) is 0 Å². The van der Waals surface area contributed by atoms with Crippen LogP contribution in [0.4, 0.5) is 0 Å². The Kier molecular flexibility index (Phi) is 4.34. The molecule has 0 saturated carbocycles. The van der Waals surface area contributed by atoms with Crippen LogP contribution >= 0.6 is 0 Å². The van der Waals surface area contributed by atoms with Crippen molar-refractivity contribution in [2.45, 2.75) is 6.42 Å². The van der Waals surface area contributed by atoms with Crippen molar-refractivity contribution in [1.29, 1.82) is 0 Å². The van der Waals surface area contributed by atoms with E-state index in [0.29, 0.717) is 12.5 Å². The first kappa shape index (κ1) is 10.6. The molecular formula is C7H13N2O3S-. The molecule has 2 N–H and O–H groups in total. The summed E-state index contributed by atoms with van der Waals surface area (Å²) in [5.41, 5.74) is 0. The number of amides is 1. The predicted octanol–water partition coefficient (Wildman–Crippen LogP) is -1.41. The maximum atomic E-state index is 10.9. The molecule has 13 heavy (non-hydrogen) atoms. The topological polar surface area (TPSA) is 81.3 Å². The maximum absolute atomic E-state index is 10.9. The lowest BCUT2D eigenvalue weighted by Gasteiger charge is -2.10. The highest BCUT2D eigenvalue weighted by molar-refractivity contribution is 7.79. The van der Waals surface area contributed by atoms with Gasteiger partial charge in [-0.25, -0.2) is 0 Å². The molecule has 0 aromatic heterocycles. The summed E-state index contributed by atoms with van der Waals surface area (Å²) >= 11 is -2.28. The highest BCUT2D eigenvalue weighted by Crippen LogP contribution is 2.04. The summed E-state index contributed by atoms with van der Waals surface area (Å²) < 4.78 is 20.3. The summed E-state index contributed by atoms with van der Waals surface area (Å²) in [6, 6.07) is 0. The minimum absolute atomic E-state index is 0.416. The fourth-order valence-electron chi connectivity index (χ4n) is 1.30. The van der Waals surface area contributed by atoms with Gasteiger partial charge in [-0.05, 0) is 36.5 Å². The molecule has 1 aliphatic heterocycles. The van der Waals surface area contributed by atoms with E-state index < -0.39 is 22.7 Å². The van der Waals surface area contributed by atoms with E-state index >= 15 is 0 Å². The van der Waals surface area contributed by atoms with Crippen LogP contribution in [-0.4, -0.2) is 40.1 Å². The van der Waals surface area contributed by atoms with Crippen molar-refractivity contribution in [2.24, 2.45) is 5.92 Å². The number of hydrogen-bond acceptors (Lipinski definition) is 4. The molecule has 1 heterocycles. The molecule has 0 radical (unpaired) electrons. The van der Waals surface area contributed by atoms with Gasteiger partial charge in [-0.15, -0.1) is 0 Å². The quantitative estimate of drug-likeness (QED) is 0.553. The summed E-state index contributed by atoms with van der Waals surface area (Å²) in [5.74, 6) is -0.399. The van der Waals surface area contributed by atoms with Gasteiger partial charge in [-0.2, -0.15) is 0 Å². The molecule has 0 aliphatic carbocycles. The normalized spacial score (nSPS) is 24.2. The zero-order valence-corrected chi connectivity index (χ0v) is 8.06. The van der Waals surface area contributed by atoms with Crippen molar-refractivity contribution in [2.75, 3.05) is 25.4 Å². The van der Waals surface area contributed by atoms with Gasteiger partial charge in [0.2, 0.25) is 5.91 Å². The molecule has 0 bridgehead atoms. The van der Waals surface area contributed by atoms with E-state index in [1.165, 1.54) is 0 Å². The first-order valence-corrected chi connectivity index (χ1v) is 5.46. The van der Waals surface area contributed by atoms with Crippen molar-refractivity contribution in [3.05, 3.63) is 0 Å². The Morgan fingerprint density at radius 3 is 3.00 bits per heavy atom. The summed E-state index contributed by atoms with van der Waals surface area (Å²) in [7, 11) is 0. The van der Waals surface area contributed by atoms with Gasteiger partial charge in [0, 0.05) is 6.54 Å². The van der Waals surface area contributed by atoms with Crippen LogP contribution < -0.4 is 10.6 Å². The van der Waals surface area contributed by atoms with Crippen LogP contribution in [0.15, 0.2) is 0 Å². The lowest BCUT2D eigenvalue weighted by molar-refractivity contribution is -0.118. The second kappa shape index (κ2) is 5.31. The molecule has 1 amide bonds. The fourth-order valence-corrected chi connectivity index (χ4v) is 1.62. The molecule has 5 nitrogen and oxygen atoms in total. The minimum Gasteiger partial charge on any atom is -0.772 e. The first-order chi connectivity index (χ1) is 6.18. The zero-order valence-electron chi connectivity index (χ0n) is 7.25. The van der Waals surface area contributed by atoms with Gasteiger partial charge < -0.3 is 15.2 Å². The van der Waals surface area contributed by atoms with Crippen LogP contribution in [0.25, 0.3) is 0 Å². The number of hydrogen-bond donors (Lipinski definition) is 2. The Morgan fingerprint density at radius 2 is 2.46 bits per heavy atom. The Labute approximate surface area is 79.6 Å². The van der Waals surface area contributed by atoms with E-state index in [4.69, 9.17) is 0 Å². The van der Waals surface area contributed by atoms with Crippen molar-refractivity contribution in [1.82, 2.24) is 10.6 Å². The van der Waals surface area contributed by atoms with Gasteiger partial charge in [0.25, 0.3) is 0 Å². The predicted molar refractivity (Wildman–Crippen MR) is 47.8 cm³/mol. The van der Waals surface area contributed by atoms with E-state index in [-0.39, 0.29) is 0 Å². The monoisotopic (exact) mass is 205 g/mol. The number of carbonyl (C=O) groups is 1. The second-order valence-electron chi connectivity index (χ2n) is 3.11. The highest BCUT2D eigenvalue weighted by Gasteiger charge is 2.14. The zero-order chi connectivity index (χ0) is 9.68. The van der Waals surface area contributed by atoms with Crippen LogP contribution in [-0.2, 0) is 15.9 Å². The summed E-state index contributed by atoms with van der Waals surface area (Å²) in [6.45, 7) is 2.46. The minimum atomic E-state index is -2.28. The van der Waals surface area contributed by atoms with E-state index in [0.717, 1.165) is 19.5 Å². The largest absolute Gasteiger partial charge is 0.772 e. The lowest BCUT2D eigenvalue weighted by Crippen LogP contribution is -2.33. The summed E-state index contributed by atoms with van der Waals surface area (Å²) in [5, 5.41) is 5.75. The molecule has 1 saturated heterocycles. The van der Waals surface area contributed by atoms with Crippen molar-refractivity contribution >= 4 is 17.0 Å². The van der Waals surface area contributed by atoms with E-state index in [1.807, 2.05) is 0 Å². The number of carbonyl (C=O) groups excluding carboxylic acids is 1. The molecule has 0 aromatic carbocycles. The number of rotatable bonds is 4. The summed E-state index contributed by atoms with van der Waals surface area (Å²) in [6.07, 6.45) is 1.04. The molecular weight excluding hydrogens is 192 g/mol. The molecule has 76 valence electrons. The standard InChI is InChI=1S/C7H14N2O3S/c10-7(5-13(11)12)9-4-6-1-2-8-3-6/h6,8H,1-5H2,(H,9,10)(H,11,12)/p-1. The second-order valence-corrected chi connectivity index (χ2v) is 4.01. The van der Waals surface area contributed by atoms with Crippen molar-refractivity contribution < 1.29 is 13.6 Å². The highest BCUT2D eigenvalue weighted by atomic mass is 32.2. The van der Waals surface area contributed by atoms with Gasteiger partial charge in [0.1, 0.15) is 0 Å². The third kappa shape index (κ3) is 4.35. The molecule has 0 spiro atoms. The summed E-state index contributed by atoms with van der Waals surface area (Å²) in [4.78, 5) is 10.9.